The second-order valence-electron chi connectivity index (χ2n) is 4.34. The van der Waals surface area contributed by atoms with Crippen molar-refractivity contribution in [2.75, 3.05) is 12.4 Å². The molecule has 1 atom stereocenters. The normalized spacial score (nSPS) is 12.9. The molecule has 0 saturated heterocycles. The summed E-state index contributed by atoms with van der Waals surface area (Å²) in [5.41, 5.74) is -1.07. The highest BCUT2D eigenvalue weighted by molar-refractivity contribution is 5.90. The first-order valence-electron chi connectivity index (χ1n) is 5.97. The third kappa shape index (κ3) is 3.87. The fraction of sp³-hybridized carbons (Fsp3) is 0.462. The van der Waals surface area contributed by atoms with Crippen LogP contribution in [-0.4, -0.2) is 24.0 Å². The number of urea groups is 1. The summed E-state index contributed by atoms with van der Waals surface area (Å²) in [6, 6.07) is 4.33. The van der Waals surface area contributed by atoms with Gasteiger partial charge in [0, 0.05) is 13.1 Å². The standard InChI is InChI=1S/C13H17F3N2O/c1-4-9(2)18(3)12(19)17-11-8-6-5-7-10(11)13(14,15)16/h5-9H,4H2,1-3H3,(H,17,19). The van der Waals surface area contributed by atoms with Gasteiger partial charge < -0.3 is 10.2 Å². The molecule has 1 N–H and O–H groups in total. The zero-order valence-corrected chi connectivity index (χ0v) is 11.1. The van der Waals surface area contributed by atoms with Crippen molar-refractivity contribution in [1.82, 2.24) is 4.90 Å². The van der Waals surface area contributed by atoms with Gasteiger partial charge in [0.15, 0.2) is 0 Å². The van der Waals surface area contributed by atoms with E-state index >= 15 is 0 Å². The Labute approximate surface area is 110 Å². The number of carbonyl (C=O) groups is 1. The first-order chi connectivity index (χ1) is 8.77. The molecular weight excluding hydrogens is 257 g/mol. The van der Waals surface area contributed by atoms with Gasteiger partial charge in [-0.25, -0.2) is 4.79 Å². The zero-order chi connectivity index (χ0) is 14.6. The van der Waals surface area contributed by atoms with Crippen molar-refractivity contribution in [2.45, 2.75) is 32.5 Å². The van der Waals surface area contributed by atoms with Gasteiger partial charge in [-0.1, -0.05) is 19.1 Å². The third-order valence-electron chi connectivity index (χ3n) is 3.05. The van der Waals surface area contributed by atoms with E-state index in [1.54, 1.807) is 7.05 Å². The number of rotatable bonds is 3. The zero-order valence-electron chi connectivity index (χ0n) is 11.1. The molecule has 0 aliphatic rings. The molecule has 0 fully saturated rings. The number of para-hydroxylation sites is 1. The quantitative estimate of drug-likeness (QED) is 0.888. The second kappa shape index (κ2) is 5.95. The molecule has 106 valence electrons. The summed E-state index contributed by atoms with van der Waals surface area (Å²) in [5, 5.41) is 2.30. The Bertz CT molecular complexity index is 446. The van der Waals surface area contributed by atoms with E-state index in [4.69, 9.17) is 0 Å². The van der Waals surface area contributed by atoms with Gasteiger partial charge in [0.1, 0.15) is 0 Å². The van der Waals surface area contributed by atoms with Gasteiger partial charge in [0.2, 0.25) is 0 Å². The minimum atomic E-state index is -4.49. The molecule has 1 aromatic rings. The molecule has 1 aromatic carbocycles. The SMILES string of the molecule is CCC(C)N(C)C(=O)Nc1ccccc1C(F)(F)F. The van der Waals surface area contributed by atoms with Crippen molar-refractivity contribution in [1.29, 1.82) is 0 Å². The van der Waals surface area contributed by atoms with Crippen LogP contribution in [0.25, 0.3) is 0 Å². The molecule has 0 spiro atoms. The van der Waals surface area contributed by atoms with Crippen LogP contribution in [0.15, 0.2) is 24.3 Å². The molecule has 1 rings (SSSR count). The van der Waals surface area contributed by atoms with E-state index in [0.717, 1.165) is 12.5 Å². The second-order valence-corrected chi connectivity index (χ2v) is 4.34. The smallest absolute Gasteiger partial charge is 0.325 e. The minimum absolute atomic E-state index is 0.0435. The Morgan fingerprint density at radius 1 is 1.37 bits per heavy atom. The van der Waals surface area contributed by atoms with Crippen LogP contribution in [0.1, 0.15) is 25.8 Å². The van der Waals surface area contributed by atoms with Crippen LogP contribution < -0.4 is 5.32 Å². The summed E-state index contributed by atoms with van der Waals surface area (Å²) >= 11 is 0. The van der Waals surface area contributed by atoms with E-state index in [1.807, 2.05) is 13.8 Å². The largest absolute Gasteiger partial charge is 0.418 e. The first-order valence-corrected chi connectivity index (χ1v) is 5.97. The van der Waals surface area contributed by atoms with Gasteiger partial charge in [0.25, 0.3) is 0 Å². The van der Waals surface area contributed by atoms with Crippen LogP contribution in [0.4, 0.5) is 23.7 Å². The maximum absolute atomic E-state index is 12.8. The lowest BCUT2D eigenvalue weighted by molar-refractivity contribution is -0.136. The van der Waals surface area contributed by atoms with Crippen molar-refractivity contribution >= 4 is 11.7 Å². The molecule has 0 radical (unpaired) electrons. The number of hydrogen-bond acceptors (Lipinski definition) is 1. The van der Waals surface area contributed by atoms with E-state index in [-0.39, 0.29) is 11.7 Å². The Hall–Kier alpha value is -1.72. The van der Waals surface area contributed by atoms with E-state index in [2.05, 4.69) is 5.32 Å². The molecule has 2 amide bonds. The van der Waals surface area contributed by atoms with Crippen LogP contribution in [0.5, 0.6) is 0 Å². The predicted molar refractivity (Wildman–Crippen MR) is 68.0 cm³/mol. The van der Waals surface area contributed by atoms with Gasteiger partial charge in [-0.05, 0) is 25.5 Å². The highest BCUT2D eigenvalue weighted by Gasteiger charge is 2.33. The molecule has 0 saturated carbocycles. The van der Waals surface area contributed by atoms with Gasteiger partial charge in [-0.2, -0.15) is 13.2 Å². The van der Waals surface area contributed by atoms with E-state index in [0.29, 0.717) is 0 Å². The molecule has 19 heavy (non-hydrogen) atoms. The van der Waals surface area contributed by atoms with Crippen molar-refractivity contribution in [3.8, 4) is 0 Å². The Morgan fingerprint density at radius 3 is 2.47 bits per heavy atom. The number of anilines is 1. The van der Waals surface area contributed by atoms with Crippen molar-refractivity contribution in [3.05, 3.63) is 29.8 Å². The maximum Gasteiger partial charge on any atom is 0.418 e. The molecule has 0 aromatic heterocycles. The molecule has 1 unspecified atom stereocenters. The Morgan fingerprint density at radius 2 is 1.95 bits per heavy atom. The monoisotopic (exact) mass is 274 g/mol. The topological polar surface area (TPSA) is 32.3 Å². The number of nitrogens with one attached hydrogen (secondary N) is 1. The van der Waals surface area contributed by atoms with Gasteiger partial charge in [0.05, 0.1) is 11.3 Å². The summed E-state index contributed by atoms with van der Waals surface area (Å²) in [4.78, 5) is 13.2. The summed E-state index contributed by atoms with van der Waals surface area (Å²) in [6.07, 6.45) is -3.76. The molecule has 0 heterocycles. The van der Waals surface area contributed by atoms with Crippen LogP contribution in [-0.2, 0) is 6.18 Å². The first kappa shape index (κ1) is 15.3. The molecule has 0 aliphatic heterocycles. The average molecular weight is 274 g/mol. The van der Waals surface area contributed by atoms with Crippen molar-refractivity contribution in [3.63, 3.8) is 0 Å². The Balaban J connectivity index is 2.92. The van der Waals surface area contributed by atoms with Crippen LogP contribution in [0, 0.1) is 0 Å². The lowest BCUT2D eigenvalue weighted by atomic mass is 10.1. The minimum Gasteiger partial charge on any atom is -0.325 e. The number of hydrogen-bond donors (Lipinski definition) is 1. The molecule has 3 nitrogen and oxygen atoms in total. The summed E-state index contributed by atoms with van der Waals surface area (Å²) in [5.74, 6) is 0. The van der Waals surface area contributed by atoms with Crippen LogP contribution in [0.3, 0.4) is 0 Å². The van der Waals surface area contributed by atoms with Crippen molar-refractivity contribution < 1.29 is 18.0 Å². The lowest BCUT2D eigenvalue weighted by Crippen LogP contribution is -2.38. The molecule has 0 aliphatic carbocycles. The fourth-order valence-electron chi connectivity index (χ4n) is 1.52. The number of alkyl halides is 3. The molecular formula is C13H17F3N2O. The number of nitrogens with zero attached hydrogens (tertiary/aromatic N) is 1. The molecule has 6 heteroatoms. The van der Waals surface area contributed by atoms with Gasteiger partial charge in [-0.3, -0.25) is 0 Å². The summed E-state index contributed by atoms with van der Waals surface area (Å²) in [6.45, 7) is 3.73. The van der Waals surface area contributed by atoms with Crippen molar-refractivity contribution in [2.24, 2.45) is 0 Å². The number of amides is 2. The fourth-order valence-corrected chi connectivity index (χ4v) is 1.52. The number of benzene rings is 1. The van der Waals surface area contributed by atoms with Crippen LogP contribution in [0.2, 0.25) is 0 Å². The van der Waals surface area contributed by atoms with E-state index < -0.39 is 17.8 Å². The number of carbonyl (C=O) groups excluding carboxylic acids is 1. The van der Waals surface area contributed by atoms with E-state index in [1.165, 1.54) is 23.1 Å². The average Bonchev–Trinajstić information content (AvgIpc) is 2.36. The van der Waals surface area contributed by atoms with E-state index in [9.17, 15) is 18.0 Å². The maximum atomic E-state index is 12.8. The molecule has 0 bridgehead atoms. The number of halogens is 3. The predicted octanol–water partition coefficient (Wildman–Crippen LogP) is 3.97. The highest BCUT2D eigenvalue weighted by Crippen LogP contribution is 2.34. The highest BCUT2D eigenvalue weighted by atomic mass is 19.4. The third-order valence-corrected chi connectivity index (χ3v) is 3.05. The van der Waals surface area contributed by atoms with Gasteiger partial charge >= 0.3 is 12.2 Å². The van der Waals surface area contributed by atoms with Gasteiger partial charge in [-0.15, -0.1) is 0 Å². The summed E-state index contributed by atoms with van der Waals surface area (Å²) in [7, 11) is 1.56. The lowest BCUT2D eigenvalue weighted by Gasteiger charge is -2.25. The Kier molecular flexibility index (Phi) is 4.80. The van der Waals surface area contributed by atoms with Crippen LogP contribution >= 0.6 is 0 Å². The summed E-state index contributed by atoms with van der Waals surface area (Å²) < 4.78 is 38.3.